The van der Waals surface area contributed by atoms with E-state index in [2.05, 4.69) is 118 Å². The van der Waals surface area contributed by atoms with Gasteiger partial charge in [-0.15, -0.1) is 0 Å². The number of esters is 3. The lowest BCUT2D eigenvalue weighted by molar-refractivity contribution is -0.167. The average Bonchev–Trinajstić information content (AvgIpc) is 3.47. The van der Waals surface area contributed by atoms with Crippen molar-refractivity contribution in [2.75, 3.05) is 13.2 Å². The normalized spacial score (nSPS) is 12.7. The highest BCUT2D eigenvalue weighted by atomic mass is 16.6. The van der Waals surface area contributed by atoms with Gasteiger partial charge in [-0.25, -0.2) is 0 Å². The van der Waals surface area contributed by atoms with Crippen LogP contribution in [0.2, 0.25) is 0 Å². The van der Waals surface area contributed by atoms with Gasteiger partial charge in [0.2, 0.25) is 0 Å². The lowest BCUT2D eigenvalue weighted by atomic mass is 10.0. The fraction of sp³-hybridized carbons (Fsp3) is 0.747. The van der Waals surface area contributed by atoms with Gasteiger partial charge in [0.1, 0.15) is 13.2 Å². The summed E-state index contributed by atoms with van der Waals surface area (Å²) in [6.07, 6.45) is 93.4. The van der Waals surface area contributed by atoms with Gasteiger partial charge in [0.15, 0.2) is 6.10 Å². The molecule has 6 nitrogen and oxygen atoms in total. The smallest absolute Gasteiger partial charge is 0.306 e. The van der Waals surface area contributed by atoms with Crippen molar-refractivity contribution < 1.29 is 28.6 Å². The predicted molar refractivity (Wildman–Crippen MR) is 353 cm³/mol. The Balaban J connectivity index is 3.99. The summed E-state index contributed by atoms with van der Waals surface area (Å²) in [6, 6.07) is 0. The van der Waals surface area contributed by atoms with Crippen LogP contribution in [-0.2, 0) is 28.6 Å². The Morgan fingerprint density at radius 2 is 0.481 bits per heavy atom. The van der Waals surface area contributed by atoms with Gasteiger partial charge in [-0.2, -0.15) is 0 Å². The van der Waals surface area contributed by atoms with Gasteiger partial charge in [0.25, 0.3) is 0 Å². The lowest BCUT2D eigenvalue weighted by Gasteiger charge is -2.18. The molecule has 6 heteroatoms. The van der Waals surface area contributed by atoms with Crippen LogP contribution in [0.25, 0.3) is 0 Å². The molecule has 0 aliphatic carbocycles. The highest BCUT2D eigenvalue weighted by Gasteiger charge is 2.19. The summed E-state index contributed by atoms with van der Waals surface area (Å²) in [5.74, 6) is -0.878. The molecule has 0 aliphatic heterocycles. The largest absolute Gasteiger partial charge is 0.462 e. The number of hydrogen-bond donors (Lipinski definition) is 0. The van der Waals surface area contributed by atoms with Crippen molar-refractivity contribution in [3.05, 3.63) is 97.2 Å². The molecule has 0 aromatic rings. The van der Waals surface area contributed by atoms with E-state index in [4.69, 9.17) is 14.2 Å². The van der Waals surface area contributed by atoms with Crippen LogP contribution in [0.5, 0.6) is 0 Å². The maximum absolute atomic E-state index is 12.9. The number of carbonyl (C=O) groups excluding carboxylic acids is 3. The van der Waals surface area contributed by atoms with E-state index in [0.29, 0.717) is 19.3 Å². The Kier molecular flexibility index (Phi) is 65.7. The zero-order valence-corrected chi connectivity index (χ0v) is 53.5. The molecule has 0 amide bonds. The number of unbranched alkanes of at least 4 members (excludes halogenated alkanes) is 36. The van der Waals surface area contributed by atoms with Crippen molar-refractivity contribution in [2.24, 2.45) is 0 Å². The minimum Gasteiger partial charge on any atom is -0.462 e. The van der Waals surface area contributed by atoms with E-state index in [0.717, 1.165) is 109 Å². The van der Waals surface area contributed by atoms with Gasteiger partial charge >= 0.3 is 17.9 Å². The van der Waals surface area contributed by atoms with Crippen molar-refractivity contribution in [1.29, 1.82) is 0 Å². The van der Waals surface area contributed by atoms with E-state index < -0.39 is 6.10 Å². The first-order chi connectivity index (χ1) is 40.0. The topological polar surface area (TPSA) is 78.9 Å². The van der Waals surface area contributed by atoms with Gasteiger partial charge < -0.3 is 14.2 Å². The van der Waals surface area contributed by atoms with Crippen LogP contribution in [0.3, 0.4) is 0 Å². The number of hydrogen-bond acceptors (Lipinski definition) is 6. The van der Waals surface area contributed by atoms with Crippen LogP contribution in [0.4, 0.5) is 0 Å². The van der Waals surface area contributed by atoms with Crippen molar-refractivity contribution in [1.82, 2.24) is 0 Å². The van der Waals surface area contributed by atoms with Crippen molar-refractivity contribution in [2.45, 2.75) is 348 Å². The molecule has 0 radical (unpaired) electrons. The SMILES string of the molecule is CC/C=C\C/C=C\C/C=C\C/C=C\C/C=C\C/C=C\CCCCCCCCCCCCCCC(=O)OCC(COC(=O)CCCCCCC)OC(=O)CCCCCCCCCCCCCCCCC/C=C\C/C=C\CCCCCCC. The second-order valence-electron chi connectivity index (χ2n) is 23.1. The first kappa shape index (κ1) is 77.3. The first-order valence-corrected chi connectivity index (χ1v) is 34.7. The number of allylic oxidation sites excluding steroid dienone is 16. The first-order valence-electron chi connectivity index (χ1n) is 34.7. The second kappa shape index (κ2) is 68.8. The third kappa shape index (κ3) is 67.0. The maximum atomic E-state index is 12.9. The zero-order chi connectivity index (χ0) is 58.5. The quantitative estimate of drug-likeness (QED) is 0.0261. The van der Waals surface area contributed by atoms with E-state index in [1.807, 2.05) is 0 Å². The summed E-state index contributed by atoms with van der Waals surface area (Å²) < 4.78 is 16.8. The molecule has 0 bridgehead atoms. The van der Waals surface area contributed by atoms with Crippen LogP contribution in [0, 0.1) is 0 Å². The standard InChI is InChI=1S/C75H130O6/c1-4-7-10-13-15-17-19-21-23-25-27-29-31-33-35-36-37-38-40-41-43-45-47-49-51-53-55-57-59-62-65-68-74(77)80-71-72(70-79-73(76)67-64-61-12-9-6-3)81-75(78)69-66-63-60-58-56-54-52-50-48-46-44-42-39-34-32-30-28-26-24-22-20-18-16-14-11-8-5-2/h7,10,15,17,20-23,26-29,33,35,37-38,72H,4-6,8-9,11-14,16,18-19,24-25,30-32,34,36,39-71H2,1-3H3/b10-7-,17-15-,22-20-,23-21-,28-26-,29-27-,35-33-,38-37-. The van der Waals surface area contributed by atoms with Crippen LogP contribution < -0.4 is 0 Å². The van der Waals surface area contributed by atoms with E-state index >= 15 is 0 Å². The van der Waals surface area contributed by atoms with Crippen molar-refractivity contribution in [3.8, 4) is 0 Å². The lowest BCUT2D eigenvalue weighted by Crippen LogP contribution is -2.30. The zero-order valence-electron chi connectivity index (χ0n) is 53.5. The van der Waals surface area contributed by atoms with Crippen LogP contribution in [0.1, 0.15) is 342 Å². The Bertz CT molecular complexity index is 1580. The Hall–Kier alpha value is -3.67. The molecule has 0 spiro atoms. The molecule has 81 heavy (non-hydrogen) atoms. The molecular formula is C75H130O6. The Labute approximate surface area is 502 Å². The van der Waals surface area contributed by atoms with Gasteiger partial charge in [-0.3, -0.25) is 14.4 Å². The molecule has 0 aromatic heterocycles. The molecule has 0 aliphatic rings. The summed E-state index contributed by atoms with van der Waals surface area (Å²) in [5.41, 5.74) is 0. The Morgan fingerprint density at radius 1 is 0.259 bits per heavy atom. The molecule has 0 saturated heterocycles. The molecule has 0 aromatic carbocycles. The number of rotatable bonds is 63. The summed E-state index contributed by atoms with van der Waals surface area (Å²) in [5, 5.41) is 0. The minimum atomic E-state index is -0.774. The van der Waals surface area contributed by atoms with Crippen LogP contribution in [-0.4, -0.2) is 37.2 Å². The molecular weight excluding hydrogens is 997 g/mol. The van der Waals surface area contributed by atoms with Crippen molar-refractivity contribution >= 4 is 17.9 Å². The van der Waals surface area contributed by atoms with Gasteiger partial charge in [-0.05, 0) is 103 Å². The average molecular weight is 1130 g/mol. The molecule has 466 valence electrons. The predicted octanol–water partition coefficient (Wildman–Crippen LogP) is 24.0. The van der Waals surface area contributed by atoms with Crippen LogP contribution in [0.15, 0.2) is 97.2 Å². The van der Waals surface area contributed by atoms with Crippen LogP contribution >= 0.6 is 0 Å². The molecule has 0 saturated carbocycles. The number of ether oxygens (including phenoxy) is 3. The molecule has 0 rings (SSSR count). The summed E-state index contributed by atoms with van der Waals surface area (Å²) >= 11 is 0. The van der Waals surface area contributed by atoms with E-state index in [1.54, 1.807) is 0 Å². The molecule has 1 atom stereocenters. The van der Waals surface area contributed by atoms with Gasteiger partial charge in [0.05, 0.1) is 0 Å². The van der Waals surface area contributed by atoms with Crippen molar-refractivity contribution in [3.63, 3.8) is 0 Å². The number of carbonyl (C=O) groups is 3. The van der Waals surface area contributed by atoms with Gasteiger partial charge in [-0.1, -0.05) is 317 Å². The van der Waals surface area contributed by atoms with E-state index in [-0.39, 0.29) is 31.1 Å². The molecule has 1 unspecified atom stereocenters. The fourth-order valence-corrected chi connectivity index (χ4v) is 9.89. The third-order valence-electron chi connectivity index (χ3n) is 15.1. The molecule has 0 heterocycles. The van der Waals surface area contributed by atoms with E-state index in [1.165, 1.54) is 193 Å². The maximum Gasteiger partial charge on any atom is 0.306 e. The third-order valence-corrected chi connectivity index (χ3v) is 15.1. The Morgan fingerprint density at radius 3 is 0.753 bits per heavy atom. The fourth-order valence-electron chi connectivity index (χ4n) is 9.89. The summed E-state index contributed by atoms with van der Waals surface area (Å²) in [6.45, 7) is 6.47. The molecule has 0 fully saturated rings. The van der Waals surface area contributed by atoms with E-state index in [9.17, 15) is 14.4 Å². The van der Waals surface area contributed by atoms with Gasteiger partial charge in [0, 0.05) is 19.3 Å². The minimum absolute atomic E-state index is 0.0755. The summed E-state index contributed by atoms with van der Waals surface area (Å²) in [7, 11) is 0. The summed E-state index contributed by atoms with van der Waals surface area (Å²) in [4.78, 5) is 38.0. The molecule has 0 N–H and O–H groups in total. The highest BCUT2D eigenvalue weighted by molar-refractivity contribution is 5.71. The highest BCUT2D eigenvalue weighted by Crippen LogP contribution is 2.17. The monoisotopic (exact) mass is 1130 g/mol. The second-order valence-corrected chi connectivity index (χ2v) is 23.1.